The Morgan fingerprint density at radius 3 is 2.52 bits per heavy atom. The minimum atomic E-state index is 0.00190. The summed E-state index contributed by atoms with van der Waals surface area (Å²) in [7, 11) is 0. The lowest BCUT2D eigenvalue weighted by Gasteiger charge is -2.34. The number of nitrogens with one attached hydrogen (secondary N) is 1. The number of rotatable bonds is 6. The Kier molecular flexibility index (Phi) is 5.58. The van der Waals surface area contributed by atoms with Crippen molar-refractivity contribution in [1.82, 2.24) is 15.1 Å². The summed E-state index contributed by atoms with van der Waals surface area (Å²) in [5.74, 6) is 0.858. The number of hydrogen-bond donors (Lipinski definition) is 1. The smallest absolute Gasteiger partial charge is 0.260 e. The van der Waals surface area contributed by atoms with Crippen molar-refractivity contribution in [2.45, 2.75) is 32.7 Å². The van der Waals surface area contributed by atoms with Crippen LogP contribution in [0.5, 0.6) is 5.75 Å². The molecule has 0 bridgehead atoms. The van der Waals surface area contributed by atoms with Crippen molar-refractivity contribution < 1.29 is 14.3 Å². The molecule has 1 aliphatic carbocycles. The second-order valence-corrected chi connectivity index (χ2v) is 7.06. The van der Waals surface area contributed by atoms with Gasteiger partial charge in [-0.3, -0.25) is 14.5 Å². The van der Waals surface area contributed by atoms with Gasteiger partial charge in [0, 0.05) is 32.2 Å². The fourth-order valence-electron chi connectivity index (χ4n) is 3.05. The van der Waals surface area contributed by atoms with Crippen molar-refractivity contribution in [3.8, 4) is 5.75 Å². The Morgan fingerprint density at radius 1 is 1.16 bits per heavy atom. The van der Waals surface area contributed by atoms with Gasteiger partial charge in [-0.15, -0.1) is 0 Å². The van der Waals surface area contributed by atoms with Gasteiger partial charge >= 0.3 is 0 Å². The molecule has 1 aromatic carbocycles. The highest BCUT2D eigenvalue weighted by molar-refractivity contribution is 5.79. The number of carbonyl (C=O) groups excluding carboxylic acids is 2. The van der Waals surface area contributed by atoms with E-state index >= 15 is 0 Å². The molecule has 2 fully saturated rings. The Bertz CT molecular complexity index is 635. The molecule has 1 heterocycles. The van der Waals surface area contributed by atoms with Gasteiger partial charge in [-0.05, 0) is 38.3 Å². The molecule has 2 amide bonds. The quantitative estimate of drug-likeness (QED) is 0.839. The van der Waals surface area contributed by atoms with E-state index < -0.39 is 0 Å². The molecule has 0 spiro atoms. The normalized spacial score (nSPS) is 18.1. The third-order valence-electron chi connectivity index (χ3n) is 4.72. The first-order valence-electron chi connectivity index (χ1n) is 9.01. The molecule has 1 aliphatic heterocycles. The van der Waals surface area contributed by atoms with Crippen LogP contribution in [0.25, 0.3) is 0 Å². The number of carbonyl (C=O) groups is 2. The van der Waals surface area contributed by atoms with E-state index in [1.54, 1.807) is 0 Å². The summed E-state index contributed by atoms with van der Waals surface area (Å²) in [6, 6.07) is 6.34. The summed E-state index contributed by atoms with van der Waals surface area (Å²) in [6.07, 6.45) is 2.21. The summed E-state index contributed by atoms with van der Waals surface area (Å²) in [6.45, 7) is 7.26. The molecule has 25 heavy (non-hydrogen) atoms. The Labute approximate surface area is 149 Å². The van der Waals surface area contributed by atoms with Gasteiger partial charge in [0.2, 0.25) is 5.91 Å². The lowest BCUT2D eigenvalue weighted by Crippen LogP contribution is -2.52. The number of piperazine rings is 1. The molecule has 1 saturated heterocycles. The molecular formula is C19H27N3O3. The molecule has 0 radical (unpaired) electrons. The van der Waals surface area contributed by atoms with Crippen molar-refractivity contribution in [2.24, 2.45) is 0 Å². The average molecular weight is 345 g/mol. The van der Waals surface area contributed by atoms with E-state index in [1.807, 2.05) is 36.9 Å². The van der Waals surface area contributed by atoms with Gasteiger partial charge in [-0.1, -0.05) is 17.7 Å². The van der Waals surface area contributed by atoms with Crippen molar-refractivity contribution in [3.05, 3.63) is 29.3 Å². The van der Waals surface area contributed by atoms with Crippen LogP contribution in [0.15, 0.2) is 18.2 Å². The number of ether oxygens (including phenoxy) is 1. The second-order valence-electron chi connectivity index (χ2n) is 7.06. The van der Waals surface area contributed by atoms with Gasteiger partial charge in [-0.25, -0.2) is 0 Å². The molecule has 0 unspecified atom stereocenters. The maximum Gasteiger partial charge on any atom is 0.260 e. The van der Waals surface area contributed by atoms with Crippen LogP contribution < -0.4 is 10.1 Å². The van der Waals surface area contributed by atoms with E-state index in [0.717, 1.165) is 37.2 Å². The van der Waals surface area contributed by atoms with Gasteiger partial charge in [0.05, 0.1) is 6.54 Å². The van der Waals surface area contributed by atoms with Crippen LogP contribution in [0, 0.1) is 13.8 Å². The zero-order valence-corrected chi connectivity index (χ0v) is 15.1. The van der Waals surface area contributed by atoms with Crippen LogP contribution >= 0.6 is 0 Å². The average Bonchev–Trinajstić information content (AvgIpc) is 3.38. The van der Waals surface area contributed by atoms with Gasteiger partial charge in [0.15, 0.2) is 6.61 Å². The summed E-state index contributed by atoms with van der Waals surface area (Å²) in [5, 5.41) is 3.00. The zero-order chi connectivity index (χ0) is 17.8. The topological polar surface area (TPSA) is 61.9 Å². The summed E-state index contributed by atoms with van der Waals surface area (Å²) >= 11 is 0. The molecule has 1 aromatic rings. The first-order valence-corrected chi connectivity index (χ1v) is 9.01. The Balaban J connectivity index is 1.39. The van der Waals surface area contributed by atoms with Crippen molar-refractivity contribution in [1.29, 1.82) is 0 Å². The van der Waals surface area contributed by atoms with Crippen LogP contribution in [0.2, 0.25) is 0 Å². The fraction of sp³-hybridized carbons (Fsp3) is 0.579. The Morgan fingerprint density at radius 2 is 1.88 bits per heavy atom. The monoisotopic (exact) mass is 345 g/mol. The third kappa shape index (κ3) is 5.19. The van der Waals surface area contributed by atoms with Crippen LogP contribution in [0.1, 0.15) is 24.0 Å². The van der Waals surface area contributed by atoms with E-state index in [0.29, 0.717) is 25.7 Å². The van der Waals surface area contributed by atoms with E-state index in [-0.39, 0.29) is 18.4 Å². The lowest BCUT2D eigenvalue weighted by molar-refractivity contribution is -0.135. The van der Waals surface area contributed by atoms with Gasteiger partial charge < -0.3 is 15.0 Å². The van der Waals surface area contributed by atoms with Crippen molar-refractivity contribution in [2.75, 3.05) is 39.3 Å². The van der Waals surface area contributed by atoms with E-state index in [2.05, 4.69) is 10.2 Å². The second kappa shape index (κ2) is 7.87. The molecular weight excluding hydrogens is 318 g/mol. The van der Waals surface area contributed by atoms with Crippen molar-refractivity contribution >= 4 is 11.8 Å². The molecule has 136 valence electrons. The molecule has 2 aliphatic rings. The summed E-state index contributed by atoms with van der Waals surface area (Å²) in [4.78, 5) is 28.1. The highest BCUT2D eigenvalue weighted by Crippen LogP contribution is 2.19. The zero-order valence-electron chi connectivity index (χ0n) is 15.1. The molecule has 0 aromatic heterocycles. The highest BCUT2D eigenvalue weighted by Gasteiger charge is 2.26. The number of hydrogen-bond acceptors (Lipinski definition) is 4. The molecule has 1 N–H and O–H groups in total. The number of nitrogens with zero attached hydrogens (tertiary/aromatic N) is 2. The summed E-state index contributed by atoms with van der Waals surface area (Å²) in [5.41, 5.74) is 2.22. The van der Waals surface area contributed by atoms with Crippen LogP contribution in [-0.2, 0) is 9.59 Å². The molecule has 3 rings (SSSR count). The molecule has 0 atom stereocenters. The number of benzene rings is 1. The maximum atomic E-state index is 12.3. The first-order chi connectivity index (χ1) is 12.0. The standard InChI is InChI=1S/C19H27N3O3/c1-14-3-6-17(15(2)11-14)25-13-19(24)22-9-7-21(8-10-22)12-18(23)20-16-4-5-16/h3,6,11,16H,4-5,7-10,12-13H2,1-2H3,(H,20,23). The van der Waals surface area contributed by atoms with Gasteiger partial charge in [0.1, 0.15) is 5.75 Å². The molecule has 6 nitrogen and oxygen atoms in total. The fourth-order valence-corrected chi connectivity index (χ4v) is 3.05. The minimum Gasteiger partial charge on any atom is -0.484 e. The number of aryl methyl sites for hydroxylation is 2. The van der Waals surface area contributed by atoms with Crippen molar-refractivity contribution in [3.63, 3.8) is 0 Å². The molecule has 1 saturated carbocycles. The minimum absolute atomic E-state index is 0.00190. The SMILES string of the molecule is Cc1ccc(OCC(=O)N2CCN(CC(=O)NC3CC3)CC2)c(C)c1. The van der Waals surface area contributed by atoms with Crippen LogP contribution in [-0.4, -0.2) is 67.0 Å². The summed E-state index contributed by atoms with van der Waals surface area (Å²) < 4.78 is 5.68. The maximum absolute atomic E-state index is 12.3. The van der Waals surface area contributed by atoms with Gasteiger partial charge in [0.25, 0.3) is 5.91 Å². The third-order valence-corrected chi connectivity index (χ3v) is 4.72. The predicted molar refractivity (Wildman–Crippen MR) is 95.6 cm³/mol. The van der Waals surface area contributed by atoms with E-state index in [1.165, 1.54) is 5.56 Å². The lowest BCUT2D eigenvalue weighted by atomic mass is 10.1. The van der Waals surface area contributed by atoms with E-state index in [9.17, 15) is 9.59 Å². The number of amides is 2. The van der Waals surface area contributed by atoms with Gasteiger partial charge in [-0.2, -0.15) is 0 Å². The van der Waals surface area contributed by atoms with Crippen LogP contribution in [0.4, 0.5) is 0 Å². The molecule has 6 heteroatoms. The largest absolute Gasteiger partial charge is 0.484 e. The Hall–Kier alpha value is -2.08. The van der Waals surface area contributed by atoms with Crippen LogP contribution in [0.3, 0.4) is 0 Å². The van der Waals surface area contributed by atoms with E-state index in [4.69, 9.17) is 4.74 Å². The predicted octanol–water partition coefficient (Wildman–Crippen LogP) is 1.11. The highest BCUT2D eigenvalue weighted by atomic mass is 16.5. The first kappa shape index (κ1) is 17.7.